The number of nitrogens with zero attached hydrogens (tertiary/aromatic N) is 5. The van der Waals surface area contributed by atoms with Gasteiger partial charge in [0.15, 0.2) is 0 Å². The summed E-state index contributed by atoms with van der Waals surface area (Å²) >= 11 is 0. The number of ether oxygens (including phenoxy) is 3. The Hall–Kier alpha value is -7.02. The molecular formula is C53H63F10N9O8. The Kier molecular flexibility index (Phi) is 21.1. The first-order chi connectivity index (χ1) is 37.3. The number of halogens is 10. The van der Waals surface area contributed by atoms with Gasteiger partial charge >= 0.3 is 31.0 Å². The first-order valence-electron chi connectivity index (χ1n) is 24.8. The lowest BCUT2D eigenvalue weighted by Gasteiger charge is -2.50. The van der Waals surface area contributed by atoms with Crippen molar-refractivity contribution in [2.45, 2.75) is 96.6 Å². The number of methoxy groups -OCH3 is 2. The number of aliphatic hydroxyl groups excluding tert-OH is 1. The first-order valence-corrected chi connectivity index (χ1v) is 24.8. The lowest BCUT2D eigenvalue weighted by Crippen LogP contribution is -2.64. The Morgan fingerprint density at radius 1 is 0.875 bits per heavy atom. The van der Waals surface area contributed by atoms with E-state index in [0.717, 1.165) is 52.3 Å². The molecule has 0 aliphatic carbocycles. The maximum absolute atomic E-state index is 15.9. The Balaban J connectivity index is 1.50. The van der Waals surface area contributed by atoms with Crippen LogP contribution >= 0.6 is 0 Å². The highest BCUT2D eigenvalue weighted by Gasteiger charge is 2.57. The van der Waals surface area contributed by atoms with Gasteiger partial charge < -0.3 is 40.6 Å². The molecule has 438 valence electrons. The van der Waals surface area contributed by atoms with Crippen LogP contribution in [0.3, 0.4) is 0 Å². The van der Waals surface area contributed by atoms with E-state index in [4.69, 9.17) is 10.5 Å². The van der Waals surface area contributed by atoms with E-state index in [1.165, 1.54) is 24.3 Å². The van der Waals surface area contributed by atoms with Crippen molar-refractivity contribution in [2.24, 2.45) is 27.5 Å². The number of hydrogen-bond donors (Lipinski definition) is 5. The molecule has 6 N–H and O–H groups in total. The van der Waals surface area contributed by atoms with Gasteiger partial charge in [-0.15, -0.1) is 0 Å². The highest BCUT2D eigenvalue weighted by atomic mass is 19.4. The second kappa shape index (κ2) is 26.5. The molecule has 3 aromatic rings. The second-order valence-electron chi connectivity index (χ2n) is 20.5. The third kappa shape index (κ3) is 16.3. The van der Waals surface area contributed by atoms with Crippen LogP contribution in [0.2, 0.25) is 0 Å². The second-order valence-corrected chi connectivity index (χ2v) is 20.5. The van der Waals surface area contributed by atoms with Crippen molar-refractivity contribution >= 4 is 41.6 Å². The number of allylic oxidation sites excluding steroid dienone is 1. The average Bonchev–Trinajstić information content (AvgIpc) is 3.40. The van der Waals surface area contributed by atoms with Crippen LogP contribution in [-0.2, 0) is 41.6 Å². The number of hydrazine groups is 1. The fraction of sp³-hybridized carbons (Fsp3) is 0.509. The third-order valence-corrected chi connectivity index (χ3v) is 14.1. The number of nitrogens with one attached hydrogen (secondary N) is 3. The number of carbonyl (C=O) groups excluding carboxylic acids is 4. The summed E-state index contributed by atoms with van der Waals surface area (Å²) in [5, 5.41) is 16.7. The number of aliphatic imine (C=N–C) groups is 1. The van der Waals surface area contributed by atoms with Gasteiger partial charge in [0, 0.05) is 79.6 Å². The highest BCUT2D eigenvalue weighted by molar-refractivity contribution is 5.87. The number of nitrogens with two attached hydrogens (primary N) is 1. The van der Waals surface area contributed by atoms with Crippen LogP contribution in [0.4, 0.5) is 54.5 Å². The molecule has 27 heteroatoms. The van der Waals surface area contributed by atoms with Crippen LogP contribution in [0, 0.1) is 40.2 Å². The van der Waals surface area contributed by atoms with Gasteiger partial charge in [0.05, 0.1) is 68.3 Å². The molecule has 2 saturated heterocycles. The number of aliphatic hydroxyl groups is 1. The van der Waals surface area contributed by atoms with Crippen molar-refractivity contribution in [3.63, 3.8) is 0 Å². The summed E-state index contributed by atoms with van der Waals surface area (Å²) in [6.07, 6.45) is -12.6. The number of esters is 1. The standard InChI is InChI=1S/C53H63F10N9O8/c1-49(2,52(58,59)60)36(25-43(74)78-6)45(75)69-72(27-35-37(54)23-34(24-38(35)55)39(64)16-17-65-47(56)57)28-41(73)40(67-46(76)44(68-48(77)79-7)50(3,4)53(61,62)63)22-32-11-8-31(9-12-32)10-13-33-14-15-42(66-26-33)70-18-20-71(21-19-70)51(5)29-80-30-51/h8-9,11-12,14-17,23-24,26,36,40-41,44,47,73H,18-22,25,27-30,64H2,1-7H3,(H,67,76)(H,68,77)(H,69,75)/t36-,40+,41+,44-/m1/s1. The Morgan fingerprint density at radius 3 is 1.98 bits per heavy atom. The van der Waals surface area contributed by atoms with Crippen molar-refractivity contribution < 1.29 is 82.4 Å². The van der Waals surface area contributed by atoms with Gasteiger partial charge in [-0.05, 0) is 75.2 Å². The Bertz CT molecular complexity index is 2750. The Labute approximate surface area is 455 Å². The van der Waals surface area contributed by atoms with Gasteiger partial charge in [-0.2, -0.15) is 35.1 Å². The van der Waals surface area contributed by atoms with Crippen LogP contribution in [0.5, 0.6) is 0 Å². The van der Waals surface area contributed by atoms with Crippen LogP contribution < -0.4 is 26.7 Å². The molecule has 2 fully saturated rings. The van der Waals surface area contributed by atoms with E-state index in [-0.39, 0.29) is 11.1 Å². The zero-order valence-electron chi connectivity index (χ0n) is 44.7. The highest BCUT2D eigenvalue weighted by Crippen LogP contribution is 2.45. The SMILES string of the molecule is COC(=O)C[C@H](C(=O)NN(Cc1c(F)cc(C(N)=CC=NC(F)F)cc1F)C[C@H](O)[C@H](Cc1ccc(C#Cc2ccc(N3CCN(C4(C)COC4)CC3)nc2)cc1)NC(=O)[C@@H](NC(=O)OC)C(C)(C)C(F)(F)F)C(C)(C)C(F)(F)F. The van der Waals surface area contributed by atoms with Crippen LogP contribution in [0.25, 0.3) is 5.70 Å². The normalized spacial score (nSPS) is 16.9. The number of pyridine rings is 1. The predicted octanol–water partition coefficient (Wildman–Crippen LogP) is 6.27. The monoisotopic (exact) mass is 1140 g/mol. The number of carbonyl (C=O) groups is 4. The fourth-order valence-electron chi connectivity index (χ4n) is 8.54. The van der Waals surface area contributed by atoms with E-state index in [9.17, 15) is 59.4 Å². The summed E-state index contributed by atoms with van der Waals surface area (Å²) in [6.45, 7) is 3.79. The molecule has 17 nitrogen and oxygen atoms in total. The fourth-order valence-corrected chi connectivity index (χ4v) is 8.54. The molecular weight excluding hydrogens is 1080 g/mol. The summed E-state index contributed by atoms with van der Waals surface area (Å²) in [7, 11) is 1.66. The Morgan fingerprint density at radius 2 is 1.46 bits per heavy atom. The predicted molar refractivity (Wildman–Crippen MR) is 272 cm³/mol. The number of piperazine rings is 1. The number of rotatable bonds is 21. The number of alkyl halides is 8. The van der Waals surface area contributed by atoms with Crippen LogP contribution in [0.1, 0.15) is 68.9 Å². The number of aromatic nitrogens is 1. The quantitative estimate of drug-likeness (QED) is 0.0199. The van der Waals surface area contributed by atoms with Gasteiger partial charge in [0.2, 0.25) is 11.8 Å². The number of anilines is 1. The largest absolute Gasteiger partial charge is 0.469 e. The number of alkyl carbamates (subject to hydrolysis) is 1. The zero-order valence-corrected chi connectivity index (χ0v) is 44.7. The summed E-state index contributed by atoms with van der Waals surface area (Å²) in [5.41, 5.74) is 1.39. The molecule has 0 unspecified atom stereocenters. The molecule has 2 aliphatic rings. The van der Waals surface area contributed by atoms with Crippen molar-refractivity contribution in [1.82, 2.24) is 31.0 Å². The van der Waals surface area contributed by atoms with E-state index in [1.54, 1.807) is 12.3 Å². The minimum absolute atomic E-state index is 0.0362. The summed E-state index contributed by atoms with van der Waals surface area (Å²) in [6, 6.07) is 6.76. The van der Waals surface area contributed by atoms with E-state index >= 15 is 8.78 Å². The summed E-state index contributed by atoms with van der Waals surface area (Å²) < 4.78 is 159. The molecule has 4 atom stereocenters. The maximum Gasteiger partial charge on any atom is 0.407 e. The minimum atomic E-state index is -5.17. The lowest BCUT2D eigenvalue weighted by atomic mass is 9.75. The smallest absolute Gasteiger partial charge is 0.407 e. The maximum atomic E-state index is 15.9. The van der Waals surface area contributed by atoms with Crippen LogP contribution in [-0.4, -0.2) is 153 Å². The van der Waals surface area contributed by atoms with Gasteiger partial charge in [-0.25, -0.2) is 28.6 Å². The van der Waals surface area contributed by atoms with Crippen molar-refractivity contribution in [1.29, 1.82) is 0 Å². The molecule has 0 saturated carbocycles. The van der Waals surface area contributed by atoms with Crippen LogP contribution in [0.15, 0.2) is 65.8 Å². The minimum Gasteiger partial charge on any atom is -0.469 e. The molecule has 1 aromatic heterocycles. The molecule has 5 rings (SSSR count). The van der Waals surface area contributed by atoms with Gasteiger partial charge in [-0.3, -0.25) is 24.7 Å². The van der Waals surface area contributed by atoms with Gasteiger partial charge in [-0.1, -0.05) is 37.8 Å². The van der Waals surface area contributed by atoms with Gasteiger partial charge in [0.1, 0.15) is 23.5 Å². The third-order valence-electron chi connectivity index (χ3n) is 14.1. The molecule has 80 heavy (non-hydrogen) atoms. The van der Waals surface area contributed by atoms with Crippen molar-refractivity contribution in [3.8, 4) is 11.8 Å². The molecule has 2 aromatic carbocycles. The summed E-state index contributed by atoms with van der Waals surface area (Å²) in [5.74, 6) is -2.80. The average molecular weight is 1140 g/mol. The molecule has 0 spiro atoms. The van der Waals surface area contributed by atoms with Crippen molar-refractivity contribution in [3.05, 3.63) is 100 Å². The van der Waals surface area contributed by atoms with E-state index in [2.05, 4.69) is 58.8 Å². The zero-order chi connectivity index (χ0) is 59.5. The van der Waals surface area contributed by atoms with Crippen molar-refractivity contribution in [2.75, 3.05) is 65.1 Å². The first kappa shape index (κ1) is 63.8. The molecule has 3 amide bonds. The molecule has 0 bridgehead atoms. The number of amides is 3. The lowest BCUT2D eigenvalue weighted by molar-refractivity contribution is -0.231. The topological polar surface area (TPSA) is 213 Å². The summed E-state index contributed by atoms with van der Waals surface area (Å²) in [4.78, 5) is 64.9. The molecule has 3 heterocycles. The number of benzene rings is 2. The van der Waals surface area contributed by atoms with E-state index < -0.39 is 132 Å². The van der Waals surface area contributed by atoms with E-state index in [1.807, 2.05) is 11.4 Å². The molecule has 0 radical (unpaired) electrons. The number of hydrogen-bond acceptors (Lipinski definition) is 14. The molecule has 2 aliphatic heterocycles. The van der Waals surface area contributed by atoms with E-state index in [0.29, 0.717) is 75.4 Å². The van der Waals surface area contributed by atoms with Gasteiger partial charge in [0.25, 0.3) is 0 Å².